The molecule has 1 aromatic heterocycles. The Morgan fingerprint density at radius 3 is 2.90 bits per heavy atom. The molecule has 1 aromatic rings. The molecule has 1 saturated carbocycles. The molecule has 8 nitrogen and oxygen atoms in total. The highest BCUT2D eigenvalue weighted by Crippen LogP contribution is 2.18. The molecule has 2 fully saturated rings. The first-order valence-corrected chi connectivity index (χ1v) is 6.52. The maximum Gasteiger partial charge on any atom is 0.249 e. The second kappa shape index (κ2) is 4.95. The van der Waals surface area contributed by atoms with Crippen LogP contribution in [0.15, 0.2) is 12.4 Å². The molecule has 0 bridgehead atoms. The van der Waals surface area contributed by atoms with E-state index in [0.29, 0.717) is 11.7 Å². The molecule has 2 heterocycles. The monoisotopic (exact) mass is 277 g/mol. The van der Waals surface area contributed by atoms with Crippen LogP contribution in [0.2, 0.25) is 0 Å². The van der Waals surface area contributed by atoms with Crippen molar-refractivity contribution in [1.29, 1.82) is 0 Å². The van der Waals surface area contributed by atoms with E-state index >= 15 is 0 Å². The lowest BCUT2D eigenvalue weighted by molar-refractivity contribution is -0.125. The van der Waals surface area contributed by atoms with Crippen LogP contribution in [0, 0.1) is 0 Å². The second-order valence-corrected chi connectivity index (χ2v) is 5.08. The van der Waals surface area contributed by atoms with Gasteiger partial charge in [0, 0.05) is 12.2 Å². The fourth-order valence-electron chi connectivity index (χ4n) is 2.04. The fraction of sp³-hybridized carbons (Fsp3) is 0.500. The van der Waals surface area contributed by atoms with Crippen molar-refractivity contribution >= 4 is 23.4 Å². The highest BCUT2D eigenvalue weighted by atomic mass is 16.2. The molecule has 3 rings (SSSR count). The SMILES string of the molecule is O=C1CC(Nc2cnn(CC(=O)NC3CC3)c2)C(=O)N1. The van der Waals surface area contributed by atoms with Crippen molar-refractivity contribution in [1.82, 2.24) is 20.4 Å². The van der Waals surface area contributed by atoms with Gasteiger partial charge < -0.3 is 10.6 Å². The summed E-state index contributed by atoms with van der Waals surface area (Å²) >= 11 is 0. The Bertz CT molecular complexity index is 563. The summed E-state index contributed by atoms with van der Waals surface area (Å²) in [4.78, 5) is 34.1. The number of amides is 3. The van der Waals surface area contributed by atoms with Crippen LogP contribution < -0.4 is 16.0 Å². The third-order valence-electron chi connectivity index (χ3n) is 3.19. The maximum atomic E-state index is 11.6. The van der Waals surface area contributed by atoms with E-state index < -0.39 is 6.04 Å². The topological polar surface area (TPSA) is 105 Å². The number of carbonyl (C=O) groups excluding carboxylic acids is 3. The van der Waals surface area contributed by atoms with Gasteiger partial charge in [0.2, 0.25) is 17.7 Å². The van der Waals surface area contributed by atoms with Gasteiger partial charge in [0.15, 0.2) is 0 Å². The third kappa shape index (κ3) is 2.95. The first-order chi connectivity index (χ1) is 9.60. The summed E-state index contributed by atoms with van der Waals surface area (Å²) in [5.74, 6) is -0.700. The molecule has 106 valence electrons. The molecule has 1 unspecified atom stereocenters. The summed E-state index contributed by atoms with van der Waals surface area (Å²) < 4.78 is 1.49. The van der Waals surface area contributed by atoms with E-state index in [1.165, 1.54) is 10.9 Å². The average Bonchev–Trinajstić information content (AvgIpc) is 2.98. The molecule has 1 saturated heterocycles. The van der Waals surface area contributed by atoms with Gasteiger partial charge >= 0.3 is 0 Å². The summed E-state index contributed by atoms with van der Waals surface area (Å²) in [7, 11) is 0. The number of imide groups is 1. The highest BCUT2D eigenvalue weighted by Gasteiger charge is 2.30. The molecule has 8 heteroatoms. The average molecular weight is 277 g/mol. The summed E-state index contributed by atoms with van der Waals surface area (Å²) in [6.45, 7) is 0.147. The Balaban J connectivity index is 1.54. The first-order valence-electron chi connectivity index (χ1n) is 6.52. The molecule has 3 amide bonds. The van der Waals surface area contributed by atoms with E-state index in [-0.39, 0.29) is 30.7 Å². The number of hydrogen-bond acceptors (Lipinski definition) is 5. The minimum atomic E-state index is -0.569. The summed E-state index contributed by atoms with van der Waals surface area (Å²) in [5, 5.41) is 12.1. The fourth-order valence-corrected chi connectivity index (χ4v) is 2.04. The minimum absolute atomic E-state index is 0.0732. The predicted molar refractivity (Wildman–Crippen MR) is 68.6 cm³/mol. The Morgan fingerprint density at radius 1 is 1.45 bits per heavy atom. The van der Waals surface area contributed by atoms with Crippen molar-refractivity contribution in [2.24, 2.45) is 0 Å². The van der Waals surface area contributed by atoms with Crippen LogP contribution in [-0.4, -0.2) is 39.6 Å². The van der Waals surface area contributed by atoms with Crippen molar-refractivity contribution in [2.45, 2.75) is 37.9 Å². The molecular weight excluding hydrogens is 262 g/mol. The molecule has 1 aliphatic carbocycles. The summed E-state index contributed by atoms with van der Waals surface area (Å²) in [6, 6.07) is -0.246. The summed E-state index contributed by atoms with van der Waals surface area (Å²) in [6.07, 6.45) is 5.38. The van der Waals surface area contributed by atoms with Crippen LogP contribution in [0.3, 0.4) is 0 Å². The zero-order valence-electron chi connectivity index (χ0n) is 10.8. The highest BCUT2D eigenvalue weighted by molar-refractivity contribution is 6.06. The van der Waals surface area contributed by atoms with Gasteiger partial charge in [-0.2, -0.15) is 5.10 Å². The van der Waals surface area contributed by atoms with Gasteiger partial charge in [-0.1, -0.05) is 0 Å². The normalized spacial score (nSPS) is 21.7. The lowest BCUT2D eigenvalue weighted by atomic mass is 10.2. The minimum Gasteiger partial charge on any atom is -0.371 e. The van der Waals surface area contributed by atoms with Crippen molar-refractivity contribution in [2.75, 3.05) is 5.32 Å². The molecule has 20 heavy (non-hydrogen) atoms. The van der Waals surface area contributed by atoms with Crippen LogP contribution in [0.1, 0.15) is 19.3 Å². The van der Waals surface area contributed by atoms with E-state index in [2.05, 4.69) is 21.0 Å². The maximum absolute atomic E-state index is 11.6. The van der Waals surface area contributed by atoms with Crippen LogP contribution in [0.4, 0.5) is 5.69 Å². The van der Waals surface area contributed by atoms with Crippen LogP contribution >= 0.6 is 0 Å². The van der Waals surface area contributed by atoms with Gasteiger partial charge in [-0.25, -0.2) is 0 Å². The van der Waals surface area contributed by atoms with Crippen LogP contribution in [0.25, 0.3) is 0 Å². The van der Waals surface area contributed by atoms with Crippen LogP contribution in [-0.2, 0) is 20.9 Å². The third-order valence-corrected chi connectivity index (χ3v) is 3.19. The number of aromatic nitrogens is 2. The van der Waals surface area contributed by atoms with Crippen molar-refractivity contribution in [3.8, 4) is 0 Å². The number of carbonyl (C=O) groups is 3. The standard InChI is InChI=1S/C12H15N5O3/c18-10-3-9(12(20)16-10)14-8-4-13-17(5-8)6-11(19)15-7-1-2-7/h4-5,7,9,14H,1-3,6H2,(H,15,19)(H,16,18,20). The summed E-state index contributed by atoms with van der Waals surface area (Å²) in [5.41, 5.74) is 0.610. The molecular formula is C12H15N5O3. The van der Waals surface area contributed by atoms with E-state index in [1.807, 2.05) is 0 Å². The van der Waals surface area contributed by atoms with Crippen molar-refractivity contribution in [3.63, 3.8) is 0 Å². The van der Waals surface area contributed by atoms with Crippen LogP contribution in [0.5, 0.6) is 0 Å². The van der Waals surface area contributed by atoms with Gasteiger partial charge in [0.1, 0.15) is 12.6 Å². The Morgan fingerprint density at radius 2 is 2.25 bits per heavy atom. The molecule has 1 atom stereocenters. The second-order valence-electron chi connectivity index (χ2n) is 5.08. The number of nitrogens with one attached hydrogen (secondary N) is 3. The number of nitrogens with zero attached hydrogens (tertiary/aromatic N) is 2. The van der Waals surface area contributed by atoms with Crippen molar-refractivity contribution < 1.29 is 14.4 Å². The van der Waals surface area contributed by atoms with E-state index in [4.69, 9.17) is 0 Å². The number of rotatable bonds is 5. The lowest BCUT2D eigenvalue weighted by Gasteiger charge is -2.07. The van der Waals surface area contributed by atoms with Gasteiger partial charge in [-0.3, -0.25) is 24.4 Å². The number of hydrogen-bond donors (Lipinski definition) is 3. The van der Waals surface area contributed by atoms with Crippen molar-refractivity contribution in [3.05, 3.63) is 12.4 Å². The zero-order valence-corrected chi connectivity index (χ0v) is 10.8. The quantitative estimate of drug-likeness (QED) is 0.598. The Labute approximate surface area is 114 Å². The predicted octanol–water partition coefficient (Wildman–Crippen LogP) is -1.01. The zero-order chi connectivity index (χ0) is 14.1. The molecule has 1 aliphatic heterocycles. The van der Waals surface area contributed by atoms with E-state index in [1.54, 1.807) is 6.20 Å². The van der Waals surface area contributed by atoms with E-state index in [9.17, 15) is 14.4 Å². The smallest absolute Gasteiger partial charge is 0.249 e. The largest absolute Gasteiger partial charge is 0.371 e. The molecule has 2 aliphatic rings. The Kier molecular flexibility index (Phi) is 3.13. The molecule has 0 aromatic carbocycles. The Hall–Kier alpha value is -2.38. The molecule has 0 radical (unpaired) electrons. The van der Waals surface area contributed by atoms with E-state index in [0.717, 1.165) is 12.8 Å². The van der Waals surface area contributed by atoms with Gasteiger partial charge in [-0.15, -0.1) is 0 Å². The molecule has 0 spiro atoms. The number of anilines is 1. The molecule has 3 N–H and O–H groups in total. The van der Waals surface area contributed by atoms with Gasteiger partial charge in [0.25, 0.3) is 0 Å². The first kappa shape index (κ1) is 12.6. The van der Waals surface area contributed by atoms with Gasteiger partial charge in [0.05, 0.1) is 18.3 Å². The lowest BCUT2D eigenvalue weighted by Crippen LogP contribution is -2.30. The van der Waals surface area contributed by atoms with Gasteiger partial charge in [-0.05, 0) is 12.8 Å².